The van der Waals surface area contributed by atoms with Crippen LogP contribution in [0.5, 0.6) is 0 Å². The first kappa shape index (κ1) is 279. The van der Waals surface area contributed by atoms with Crippen molar-refractivity contribution in [1.29, 1.82) is 0 Å². The molecule has 0 spiro atoms. The van der Waals surface area contributed by atoms with Crippen molar-refractivity contribution in [3.8, 4) is 0 Å². The molecule has 245 valence electrons. The number of hydrogen-bond donors (Lipinski definition) is 0. The van der Waals surface area contributed by atoms with E-state index >= 15 is 0 Å². The molecule has 0 N–H and O–H groups in total. The summed E-state index contributed by atoms with van der Waals surface area (Å²) in [6.45, 7) is 26.2. The Morgan fingerprint density at radius 1 is 0.235 bits per heavy atom. The van der Waals surface area contributed by atoms with Crippen LogP contribution in [0.15, 0.2) is 0 Å². The molecule has 0 aliphatic rings. The van der Waals surface area contributed by atoms with Crippen LogP contribution in [0.25, 0.3) is 0 Å². The second-order valence-corrected chi connectivity index (χ2v) is 3.54. The van der Waals surface area contributed by atoms with Crippen LogP contribution >= 0.6 is 0 Å². The largest absolute Gasteiger partial charge is 0.346 e. The van der Waals surface area contributed by atoms with Gasteiger partial charge in [-0.3, -0.25) is 0 Å². The van der Waals surface area contributed by atoms with Crippen molar-refractivity contribution < 1.29 is 32.7 Å². The molecular formula is C33H109Y-. The van der Waals surface area contributed by atoms with E-state index < -0.39 is 0 Å². The summed E-state index contributed by atoms with van der Waals surface area (Å²) in [4.78, 5) is 0. The summed E-state index contributed by atoms with van der Waals surface area (Å²) in [5.41, 5.74) is 0. The van der Waals surface area contributed by atoms with E-state index in [-0.39, 0.29) is 152 Å². The second kappa shape index (κ2) is 1000. The molecule has 0 amide bonds. The Labute approximate surface area is 265 Å². The van der Waals surface area contributed by atoms with Crippen LogP contribution in [0, 0.1) is 6.92 Å². The van der Waals surface area contributed by atoms with Crippen LogP contribution in [-0.4, -0.2) is 0 Å². The van der Waals surface area contributed by atoms with Crippen molar-refractivity contribution >= 4 is 0 Å². The van der Waals surface area contributed by atoms with Crippen LogP contribution in [0.4, 0.5) is 0 Å². The zero-order valence-corrected chi connectivity index (χ0v) is 18.7. The zero-order chi connectivity index (χ0) is 15.5. The molecule has 0 saturated carbocycles. The van der Waals surface area contributed by atoms with Crippen molar-refractivity contribution in [3.63, 3.8) is 0 Å². The Balaban J connectivity index is -0.00000000185. The van der Waals surface area contributed by atoms with Crippen LogP contribution in [0.1, 0.15) is 227 Å². The van der Waals surface area contributed by atoms with Gasteiger partial charge in [-0.2, -0.15) is 6.92 Å². The van der Waals surface area contributed by atoms with Gasteiger partial charge in [-0.15, -0.1) is 0 Å². The average Bonchev–Trinajstić information content (AvgIpc) is 2.25. The van der Waals surface area contributed by atoms with Crippen molar-refractivity contribution in [2.75, 3.05) is 0 Å². The normalized spacial score (nSPS) is 2.82. The van der Waals surface area contributed by atoms with Crippen molar-refractivity contribution in [2.24, 2.45) is 0 Å². The molecule has 0 unspecified atom stereocenters. The summed E-state index contributed by atoms with van der Waals surface area (Å²) in [5, 5.41) is 0. The van der Waals surface area contributed by atoms with E-state index in [1.54, 1.807) is 6.92 Å². The second-order valence-electron chi connectivity index (χ2n) is 3.54. The molecule has 0 heterocycles. The maximum atomic E-state index is 3.25. The van der Waals surface area contributed by atoms with Gasteiger partial charge in [0, 0.05) is 32.7 Å². The molecule has 0 rings (SSSR count). The predicted molar refractivity (Wildman–Crippen MR) is 199 cm³/mol. The molecule has 0 fully saturated rings. The molecule has 0 aromatic heterocycles. The maximum absolute atomic E-state index is 3.25. The summed E-state index contributed by atoms with van der Waals surface area (Å²) < 4.78 is 0. The summed E-state index contributed by atoms with van der Waals surface area (Å²) in [6.07, 6.45) is 6.25. The Bertz CT molecular complexity index is 18.1. The first-order valence-electron chi connectivity index (χ1n) is 7.78. The van der Waals surface area contributed by atoms with E-state index in [4.69, 9.17) is 0 Å². The topological polar surface area (TPSA) is 0 Å². The molecule has 0 atom stereocenters. The minimum absolute atomic E-state index is 0. The molecule has 0 aliphatic heterocycles. The van der Waals surface area contributed by atoms with Crippen molar-refractivity contribution in [1.82, 2.24) is 0 Å². The molecule has 0 bridgehead atoms. The Kier molecular flexibility index (Phi) is 8220. The Morgan fingerprint density at radius 2 is 0.235 bits per heavy atom. The van der Waals surface area contributed by atoms with Crippen LogP contribution < -0.4 is 0 Å². The zero-order valence-electron chi connectivity index (χ0n) is 15.8. The summed E-state index contributed by atoms with van der Waals surface area (Å²) >= 11 is 0. The third-order valence-electron chi connectivity index (χ3n) is 0. The molecule has 0 aliphatic carbocycles. The van der Waals surface area contributed by atoms with Crippen LogP contribution in [0.2, 0.25) is 0 Å². The van der Waals surface area contributed by atoms with E-state index in [9.17, 15) is 0 Å². The van der Waals surface area contributed by atoms with E-state index in [0.717, 1.165) is 0 Å². The van der Waals surface area contributed by atoms with Gasteiger partial charge in [0.2, 0.25) is 0 Å². The molecule has 1 radical (unpaired) electrons. The summed E-state index contributed by atoms with van der Waals surface area (Å²) in [5.74, 6) is 0. The Morgan fingerprint density at radius 3 is 0.235 bits per heavy atom. The van der Waals surface area contributed by atoms with Gasteiger partial charge in [0.25, 0.3) is 0 Å². The predicted octanol–water partition coefficient (Wildman–Crippen LogP) is 18.1. The Hall–Kier alpha value is 1.10. The molecule has 0 nitrogen and oxygen atoms in total. The standard InChI is InChI=1S/5C3H8.C2H5.16CH4.Y/c5*1-3-2;1-2;;;;;;;;;;;;;;;;;/h5*3H2,1-2H3;1H2,2H3;16*1H4;/q;;;;;-1;;;;;;;;;;;;;;;;;. The monoisotopic (exact) mass is 595 g/mol. The molecule has 0 saturated heterocycles. The van der Waals surface area contributed by atoms with Gasteiger partial charge < -0.3 is 6.92 Å². The number of hydrogen-bond acceptors (Lipinski definition) is 0. The first-order chi connectivity index (χ1) is 8.07. The van der Waals surface area contributed by atoms with E-state index in [0.29, 0.717) is 0 Å². The van der Waals surface area contributed by atoms with Crippen molar-refractivity contribution in [2.45, 2.75) is 227 Å². The van der Waals surface area contributed by atoms with Gasteiger partial charge in [-0.05, 0) is 0 Å². The van der Waals surface area contributed by atoms with Gasteiger partial charge in [-0.1, -0.05) is 220 Å². The SMILES string of the molecule is C.C.C.C.C.C.C.C.C.C.C.C.C.C.C.C.CCC.CCC.CCC.CCC.CCC.[CH2-]C.[Y]. The molecule has 34 heavy (non-hydrogen) atoms. The first-order valence-corrected chi connectivity index (χ1v) is 7.78. The van der Waals surface area contributed by atoms with Gasteiger partial charge >= 0.3 is 0 Å². The quantitative estimate of drug-likeness (QED) is 0.245. The van der Waals surface area contributed by atoms with Crippen molar-refractivity contribution in [3.05, 3.63) is 6.92 Å². The third-order valence-corrected chi connectivity index (χ3v) is 0. The van der Waals surface area contributed by atoms with Crippen LogP contribution in [-0.2, 0) is 32.7 Å². The van der Waals surface area contributed by atoms with Crippen LogP contribution in [0.3, 0.4) is 0 Å². The van der Waals surface area contributed by atoms with Gasteiger partial charge in [0.05, 0.1) is 0 Å². The van der Waals surface area contributed by atoms with E-state index in [2.05, 4.69) is 76.2 Å². The summed E-state index contributed by atoms with van der Waals surface area (Å²) in [6, 6.07) is 0. The smallest absolute Gasteiger partial charge is 0 e. The fraction of sp³-hybridized carbons (Fsp3) is 0.970. The maximum Gasteiger partial charge on any atom is 0 e. The molecule has 1 heteroatoms. The minimum atomic E-state index is 0. The van der Waals surface area contributed by atoms with E-state index in [1.807, 2.05) is 0 Å². The minimum Gasteiger partial charge on any atom is -0.346 e. The fourth-order valence-electron chi connectivity index (χ4n) is 0. The van der Waals surface area contributed by atoms with E-state index in [1.165, 1.54) is 32.1 Å². The van der Waals surface area contributed by atoms with Gasteiger partial charge in [-0.25, -0.2) is 0 Å². The number of rotatable bonds is 0. The summed E-state index contributed by atoms with van der Waals surface area (Å²) in [7, 11) is 0. The molecule has 0 aromatic carbocycles. The molecule has 0 aromatic rings. The van der Waals surface area contributed by atoms with Gasteiger partial charge in [0.1, 0.15) is 0 Å². The third kappa shape index (κ3) is 28000. The average molecular weight is 595 g/mol. The van der Waals surface area contributed by atoms with Gasteiger partial charge in [0.15, 0.2) is 0 Å². The molecular weight excluding hydrogens is 485 g/mol. The fourth-order valence-corrected chi connectivity index (χ4v) is 0.